The van der Waals surface area contributed by atoms with Gasteiger partial charge in [-0.15, -0.1) is 11.3 Å². The zero-order chi connectivity index (χ0) is 11.8. The third kappa shape index (κ3) is 2.09. The first-order valence-corrected chi connectivity index (χ1v) is 6.04. The third-order valence-corrected chi connectivity index (χ3v) is 3.83. The highest BCUT2D eigenvalue weighted by molar-refractivity contribution is 7.18. The molecule has 2 aromatic rings. The van der Waals surface area contributed by atoms with Crippen LogP contribution in [0.5, 0.6) is 0 Å². The Morgan fingerprint density at radius 2 is 2.12 bits per heavy atom. The van der Waals surface area contributed by atoms with E-state index < -0.39 is 0 Å². The highest BCUT2D eigenvalue weighted by Gasteiger charge is 2.19. The van der Waals surface area contributed by atoms with Crippen molar-refractivity contribution in [3.63, 3.8) is 0 Å². The molecule has 0 saturated heterocycles. The van der Waals surface area contributed by atoms with E-state index in [1.54, 1.807) is 11.3 Å². The van der Waals surface area contributed by atoms with E-state index in [1.165, 1.54) is 4.70 Å². The maximum atomic E-state index is 5.12. The van der Waals surface area contributed by atoms with E-state index in [2.05, 4.69) is 31.8 Å². The minimum Gasteiger partial charge on any atom is -0.300 e. The summed E-state index contributed by atoms with van der Waals surface area (Å²) in [6.45, 7) is 6.92. The molecule has 0 aliphatic carbocycles. The van der Waals surface area contributed by atoms with E-state index in [0.29, 0.717) is 6.61 Å². The number of nitrogens with zero attached hydrogens (tertiary/aromatic N) is 1. The molecule has 0 amide bonds. The highest BCUT2D eigenvalue weighted by atomic mass is 32.1. The Balaban J connectivity index is 2.57. The van der Waals surface area contributed by atoms with Gasteiger partial charge in [-0.3, -0.25) is 4.84 Å². The number of aromatic nitrogens is 1. The molecular formula is C12H16N2OS. The van der Waals surface area contributed by atoms with Crippen molar-refractivity contribution in [3.8, 4) is 0 Å². The highest BCUT2D eigenvalue weighted by Crippen LogP contribution is 2.32. The lowest BCUT2D eigenvalue weighted by atomic mass is 9.98. The number of para-hydroxylation sites is 1. The number of fused-ring (bicyclic) bond motifs is 1. The van der Waals surface area contributed by atoms with Crippen LogP contribution in [0.3, 0.4) is 0 Å². The van der Waals surface area contributed by atoms with Gasteiger partial charge in [-0.25, -0.2) is 10.9 Å². The normalized spacial score (nSPS) is 12.2. The first-order chi connectivity index (χ1) is 7.52. The predicted molar refractivity (Wildman–Crippen MR) is 67.3 cm³/mol. The van der Waals surface area contributed by atoms with E-state index in [0.717, 1.165) is 16.1 Å². The summed E-state index contributed by atoms with van der Waals surface area (Å²) in [4.78, 5) is 9.38. The Morgan fingerprint density at radius 1 is 1.38 bits per heavy atom. The molecule has 1 aromatic heterocycles. The smallest absolute Gasteiger partial charge is 0.0992 e. The van der Waals surface area contributed by atoms with Crippen molar-refractivity contribution < 1.29 is 4.84 Å². The zero-order valence-electron chi connectivity index (χ0n) is 9.78. The quantitative estimate of drug-likeness (QED) is 0.815. The van der Waals surface area contributed by atoms with Crippen LogP contribution in [-0.4, -0.2) is 4.98 Å². The van der Waals surface area contributed by atoms with Gasteiger partial charge in [0.15, 0.2) is 0 Å². The summed E-state index contributed by atoms with van der Waals surface area (Å²) in [6.07, 6.45) is 0. The van der Waals surface area contributed by atoms with E-state index in [1.807, 2.05) is 12.1 Å². The number of nitrogens with two attached hydrogens (primary N) is 1. The standard InChI is InChI=1S/C12H16N2OS/c1-12(2,3)11-14-10-8(7-15-13)5-4-6-9(10)16-11/h4-6H,7,13H2,1-3H3. The summed E-state index contributed by atoms with van der Waals surface area (Å²) in [5, 5.41) is 1.15. The van der Waals surface area contributed by atoms with E-state index in [4.69, 9.17) is 10.7 Å². The average molecular weight is 236 g/mol. The van der Waals surface area contributed by atoms with Gasteiger partial charge < -0.3 is 0 Å². The molecule has 1 heterocycles. The van der Waals surface area contributed by atoms with Crippen LogP contribution in [0.4, 0.5) is 0 Å². The fourth-order valence-electron chi connectivity index (χ4n) is 1.53. The molecule has 3 nitrogen and oxygen atoms in total. The third-order valence-electron chi connectivity index (χ3n) is 2.38. The number of hydrogen-bond acceptors (Lipinski definition) is 4. The van der Waals surface area contributed by atoms with Gasteiger partial charge in [0.25, 0.3) is 0 Å². The molecule has 0 aliphatic rings. The monoisotopic (exact) mass is 236 g/mol. The van der Waals surface area contributed by atoms with E-state index in [9.17, 15) is 0 Å². The molecule has 0 atom stereocenters. The summed E-state index contributed by atoms with van der Waals surface area (Å²) >= 11 is 1.74. The average Bonchev–Trinajstić information content (AvgIpc) is 2.62. The van der Waals surface area contributed by atoms with Crippen LogP contribution >= 0.6 is 11.3 Å². The Labute approximate surface area is 99.2 Å². The fraction of sp³-hybridized carbons (Fsp3) is 0.417. The predicted octanol–water partition coefficient (Wildman–Crippen LogP) is 2.98. The van der Waals surface area contributed by atoms with Gasteiger partial charge in [-0.1, -0.05) is 32.9 Å². The molecule has 1 aromatic carbocycles. The Morgan fingerprint density at radius 3 is 2.75 bits per heavy atom. The van der Waals surface area contributed by atoms with Crippen LogP contribution in [0.2, 0.25) is 0 Å². The first kappa shape index (κ1) is 11.5. The Kier molecular flexibility index (Phi) is 2.97. The first-order valence-electron chi connectivity index (χ1n) is 5.23. The molecule has 0 aliphatic heterocycles. The summed E-state index contributed by atoms with van der Waals surface area (Å²) in [5.41, 5.74) is 2.15. The SMILES string of the molecule is CC(C)(C)c1nc2c(CON)cccc2s1. The van der Waals surface area contributed by atoms with Crippen LogP contribution < -0.4 is 5.90 Å². The van der Waals surface area contributed by atoms with Gasteiger partial charge in [0.2, 0.25) is 0 Å². The second kappa shape index (κ2) is 4.13. The molecule has 0 fully saturated rings. The second-order valence-corrected chi connectivity index (χ2v) is 5.87. The van der Waals surface area contributed by atoms with Crippen LogP contribution in [0.1, 0.15) is 31.3 Å². The molecule has 0 spiro atoms. The number of benzene rings is 1. The van der Waals surface area contributed by atoms with Gasteiger partial charge in [-0.2, -0.15) is 0 Å². The molecule has 0 bridgehead atoms. The van der Waals surface area contributed by atoms with Crippen LogP contribution in [-0.2, 0) is 16.9 Å². The lowest BCUT2D eigenvalue weighted by molar-refractivity contribution is 0.125. The molecule has 16 heavy (non-hydrogen) atoms. The van der Waals surface area contributed by atoms with Crippen molar-refractivity contribution in [2.75, 3.05) is 0 Å². The van der Waals surface area contributed by atoms with Crippen molar-refractivity contribution >= 4 is 21.6 Å². The molecule has 4 heteroatoms. The number of hydrogen-bond donors (Lipinski definition) is 1. The van der Waals surface area contributed by atoms with Crippen LogP contribution in [0, 0.1) is 0 Å². The van der Waals surface area contributed by atoms with Gasteiger partial charge in [0.1, 0.15) is 0 Å². The van der Waals surface area contributed by atoms with Gasteiger partial charge in [0.05, 0.1) is 21.8 Å². The van der Waals surface area contributed by atoms with Crippen molar-refractivity contribution in [2.24, 2.45) is 5.90 Å². The van der Waals surface area contributed by atoms with E-state index >= 15 is 0 Å². The molecule has 0 radical (unpaired) electrons. The van der Waals surface area contributed by atoms with Gasteiger partial charge in [0, 0.05) is 11.0 Å². The van der Waals surface area contributed by atoms with Gasteiger partial charge in [-0.05, 0) is 6.07 Å². The van der Waals surface area contributed by atoms with Crippen LogP contribution in [0.15, 0.2) is 18.2 Å². The summed E-state index contributed by atoms with van der Waals surface area (Å²) in [6, 6.07) is 6.10. The largest absolute Gasteiger partial charge is 0.300 e. The summed E-state index contributed by atoms with van der Waals surface area (Å²) < 4.78 is 1.19. The Hall–Kier alpha value is -0.970. The second-order valence-electron chi connectivity index (χ2n) is 4.84. The topological polar surface area (TPSA) is 48.1 Å². The minimum atomic E-state index is 0.0878. The zero-order valence-corrected chi connectivity index (χ0v) is 10.6. The molecule has 0 unspecified atom stereocenters. The van der Waals surface area contributed by atoms with Crippen molar-refractivity contribution in [1.82, 2.24) is 4.98 Å². The lowest BCUT2D eigenvalue weighted by Gasteiger charge is -2.13. The number of rotatable bonds is 2. The minimum absolute atomic E-state index is 0.0878. The molecular weight excluding hydrogens is 220 g/mol. The van der Waals surface area contributed by atoms with Crippen molar-refractivity contribution in [1.29, 1.82) is 0 Å². The molecule has 2 N–H and O–H groups in total. The molecule has 0 saturated carbocycles. The van der Waals surface area contributed by atoms with Crippen molar-refractivity contribution in [2.45, 2.75) is 32.8 Å². The molecule has 86 valence electrons. The fourth-order valence-corrected chi connectivity index (χ4v) is 2.60. The van der Waals surface area contributed by atoms with E-state index in [-0.39, 0.29) is 5.41 Å². The summed E-state index contributed by atoms with van der Waals surface area (Å²) in [5.74, 6) is 5.12. The lowest BCUT2D eigenvalue weighted by Crippen LogP contribution is -2.10. The summed E-state index contributed by atoms with van der Waals surface area (Å²) in [7, 11) is 0. The maximum Gasteiger partial charge on any atom is 0.0992 e. The van der Waals surface area contributed by atoms with Crippen LogP contribution in [0.25, 0.3) is 10.2 Å². The number of thiazole rings is 1. The maximum absolute atomic E-state index is 5.12. The Bertz CT molecular complexity index is 499. The van der Waals surface area contributed by atoms with Crippen molar-refractivity contribution in [3.05, 3.63) is 28.8 Å². The molecule has 2 rings (SSSR count). The van der Waals surface area contributed by atoms with Gasteiger partial charge >= 0.3 is 0 Å².